The van der Waals surface area contributed by atoms with Gasteiger partial charge in [0.2, 0.25) is 0 Å². The number of nitrogens with two attached hydrogens (primary N) is 1. The lowest BCUT2D eigenvalue weighted by molar-refractivity contribution is 0.416. The van der Waals surface area contributed by atoms with E-state index in [1.807, 2.05) is 36.5 Å². The first kappa shape index (κ1) is 13.9. The fourth-order valence-electron chi connectivity index (χ4n) is 2.23. The predicted octanol–water partition coefficient (Wildman–Crippen LogP) is 2.53. The lowest BCUT2D eigenvalue weighted by atomic mass is 10.1. The number of hydrogen-bond acceptors (Lipinski definition) is 5. The molecule has 0 bridgehead atoms. The van der Waals surface area contributed by atoms with Gasteiger partial charge in [-0.2, -0.15) is 0 Å². The highest BCUT2D eigenvalue weighted by Gasteiger charge is 2.10. The molecule has 112 valence electrons. The van der Waals surface area contributed by atoms with Gasteiger partial charge in [-0.1, -0.05) is 17.3 Å². The Kier molecular flexibility index (Phi) is 3.65. The first-order valence-electron chi connectivity index (χ1n) is 6.72. The molecule has 0 aliphatic rings. The number of para-hydroxylation sites is 1. The van der Waals surface area contributed by atoms with Crippen molar-refractivity contribution >= 4 is 5.69 Å². The van der Waals surface area contributed by atoms with Gasteiger partial charge in [0, 0.05) is 5.56 Å². The molecule has 22 heavy (non-hydrogen) atoms. The molecule has 0 radical (unpaired) electrons. The van der Waals surface area contributed by atoms with Gasteiger partial charge in [-0.05, 0) is 30.3 Å². The maximum absolute atomic E-state index is 5.93. The highest BCUT2D eigenvalue weighted by molar-refractivity contribution is 5.66. The number of methoxy groups -OCH3 is 2. The maximum atomic E-state index is 5.93. The Morgan fingerprint density at radius 3 is 2.50 bits per heavy atom. The summed E-state index contributed by atoms with van der Waals surface area (Å²) in [6.07, 6.45) is 1.83. The van der Waals surface area contributed by atoms with Crippen molar-refractivity contribution in [3.8, 4) is 28.4 Å². The van der Waals surface area contributed by atoms with E-state index in [9.17, 15) is 0 Å². The third-order valence-electron chi connectivity index (χ3n) is 3.35. The second-order valence-corrected chi connectivity index (χ2v) is 4.67. The number of aromatic nitrogens is 3. The predicted molar refractivity (Wildman–Crippen MR) is 84.3 cm³/mol. The van der Waals surface area contributed by atoms with Gasteiger partial charge in [0.1, 0.15) is 17.2 Å². The van der Waals surface area contributed by atoms with E-state index in [4.69, 9.17) is 15.2 Å². The molecule has 6 nitrogen and oxygen atoms in total. The summed E-state index contributed by atoms with van der Waals surface area (Å²) < 4.78 is 12.2. The minimum atomic E-state index is 0.550. The van der Waals surface area contributed by atoms with Gasteiger partial charge in [0.25, 0.3) is 0 Å². The topological polar surface area (TPSA) is 75.2 Å². The lowest BCUT2D eigenvalue weighted by Crippen LogP contribution is -1.98. The van der Waals surface area contributed by atoms with Gasteiger partial charge >= 0.3 is 0 Å². The number of benzene rings is 2. The molecule has 0 unspecified atom stereocenters. The first-order chi connectivity index (χ1) is 10.7. The molecule has 0 atom stereocenters. The maximum Gasteiger partial charge on any atom is 0.141 e. The van der Waals surface area contributed by atoms with Crippen molar-refractivity contribution in [2.75, 3.05) is 20.0 Å². The highest BCUT2D eigenvalue weighted by Crippen LogP contribution is 2.29. The number of nitrogen functional groups attached to an aromatic ring is 1. The van der Waals surface area contributed by atoms with Crippen molar-refractivity contribution < 1.29 is 9.47 Å². The van der Waals surface area contributed by atoms with E-state index in [-0.39, 0.29) is 0 Å². The Bertz CT molecular complexity index is 798. The largest absolute Gasteiger partial charge is 0.496 e. The molecule has 2 N–H and O–H groups in total. The second-order valence-electron chi connectivity index (χ2n) is 4.67. The van der Waals surface area contributed by atoms with Crippen LogP contribution in [0, 0.1) is 0 Å². The highest BCUT2D eigenvalue weighted by atomic mass is 16.5. The van der Waals surface area contributed by atoms with Crippen LogP contribution in [0.15, 0.2) is 48.7 Å². The summed E-state index contributed by atoms with van der Waals surface area (Å²) >= 11 is 0. The minimum Gasteiger partial charge on any atom is -0.496 e. The summed E-state index contributed by atoms with van der Waals surface area (Å²) in [5.41, 5.74) is 8.90. The van der Waals surface area contributed by atoms with E-state index >= 15 is 0 Å². The van der Waals surface area contributed by atoms with Crippen LogP contribution in [-0.2, 0) is 0 Å². The van der Waals surface area contributed by atoms with E-state index in [1.54, 1.807) is 31.0 Å². The molecule has 2 aromatic carbocycles. The number of anilines is 1. The molecule has 6 heteroatoms. The van der Waals surface area contributed by atoms with Gasteiger partial charge in [-0.25, -0.2) is 4.68 Å². The Labute approximate surface area is 128 Å². The Balaban J connectivity index is 1.99. The van der Waals surface area contributed by atoms with Crippen LogP contribution in [-0.4, -0.2) is 29.2 Å². The minimum absolute atomic E-state index is 0.550. The molecule has 1 aromatic heterocycles. The third-order valence-corrected chi connectivity index (χ3v) is 3.35. The molecular weight excluding hydrogens is 280 g/mol. The van der Waals surface area contributed by atoms with Crippen LogP contribution in [0.2, 0.25) is 0 Å². The smallest absolute Gasteiger partial charge is 0.141 e. The molecule has 0 amide bonds. The zero-order valence-corrected chi connectivity index (χ0v) is 12.4. The van der Waals surface area contributed by atoms with Crippen molar-refractivity contribution in [3.05, 3.63) is 48.7 Å². The van der Waals surface area contributed by atoms with Crippen LogP contribution in [0.25, 0.3) is 16.9 Å². The molecular formula is C16H16N4O2. The molecule has 0 saturated carbocycles. The molecule has 1 heterocycles. The Morgan fingerprint density at radius 2 is 1.77 bits per heavy atom. The zero-order valence-electron chi connectivity index (χ0n) is 12.4. The number of ether oxygens (including phenoxy) is 2. The van der Waals surface area contributed by atoms with Gasteiger partial charge in [-0.3, -0.25) is 0 Å². The number of nitrogens with zero attached hydrogens (tertiary/aromatic N) is 3. The third kappa shape index (κ3) is 2.46. The van der Waals surface area contributed by atoms with Gasteiger partial charge in [0.05, 0.1) is 31.8 Å². The standard InChI is InChI=1S/C16H16N4O2/c1-21-15-6-4-3-5-12(15)14-10-20(19-18-14)11-7-8-16(22-2)13(17)9-11/h3-10H,17H2,1-2H3. The molecule has 3 rings (SSSR count). The van der Waals surface area contributed by atoms with Crippen molar-refractivity contribution in [1.29, 1.82) is 0 Å². The van der Waals surface area contributed by atoms with Crippen LogP contribution in [0.1, 0.15) is 0 Å². The van der Waals surface area contributed by atoms with Crippen LogP contribution in [0.4, 0.5) is 5.69 Å². The number of rotatable bonds is 4. The average molecular weight is 296 g/mol. The van der Waals surface area contributed by atoms with Crippen LogP contribution >= 0.6 is 0 Å². The summed E-state index contributed by atoms with van der Waals surface area (Å²) in [7, 11) is 3.22. The summed E-state index contributed by atoms with van der Waals surface area (Å²) in [5.74, 6) is 1.39. The summed E-state index contributed by atoms with van der Waals surface area (Å²) in [4.78, 5) is 0. The molecule has 0 aliphatic carbocycles. The molecule has 3 aromatic rings. The molecule has 0 fully saturated rings. The lowest BCUT2D eigenvalue weighted by Gasteiger charge is -2.06. The van der Waals surface area contributed by atoms with Gasteiger partial charge in [0.15, 0.2) is 0 Å². The van der Waals surface area contributed by atoms with E-state index in [0.29, 0.717) is 11.4 Å². The SMILES string of the molecule is COc1ccc(-n2cc(-c3ccccc3OC)nn2)cc1N. The molecule has 0 spiro atoms. The summed E-state index contributed by atoms with van der Waals surface area (Å²) in [5, 5.41) is 8.35. The Morgan fingerprint density at radius 1 is 1.00 bits per heavy atom. The summed E-state index contributed by atoms with van der Waals surface area (Å²) in [6, 6.07) is 13.1. The van der Waals surface area contributed by atoms with E-state index in [2.05, 4.69) is 10.3 Å². The average Bonchev–Trinajstić information content (AvgIpc) is 3.04. The van der Waals surface area contributed by atoms with E-state index in [0.717, 1.165) is 22.7 Å². The van der Waals surface area contributed by atoms with Gasteiger partial charge < -0.3 is 15.2 Å². The monoisotopic (exact) mass is 296 g/mol. The van der Waals surface area contributed by atoms with Crippen LogP contribution in [0.3, 0.4) is 0 Å². The summed E-state index contributed by atoms with van der Waals surface area (Å²) in [6.45, 7) is 0. The van der Waals surface area contributed by atoms with Crippen molar-refractivity contribution in [1.82, 2.24) is 15.0 Å². The molecule has 0 saturated heterocycles. The second kappa shape index (κ2) is 5.77. The van der Waals surface area contributed by atoms with Crippen molar-refractivity contribution in [2.45, 2.75) is 0 Å². The van der Waals surface area contributed by atoms with Gasteiger partial charge in [-0.15, -0.1) is 5.10 Å². The fraction of sp³-hybridized carbons (Fsp3) is 0.125. The Hall–Kier alpha value is -3.02. The normalized spacial score (nSPS) is 10.5. The fourth-order valence-corrected chi connectivity index (χ4v) is 2.23. The van der Waals surface area contributed by atoms with E-state index < -0.39 is 0 Å². The quantitative estimate of drug-likeness (QED) is 0.749. The van der Waals surface area contributed by atoms with Crippen LogP contribution in [0.5, 0.6) is 11.5 Å². The van der Waals surface area contributed by atoms with Crippen molar-refractivity contribution in [3.63, 3.8) is 0 Å². The molecule has 0 aliphatic heterocycles. The zero-order chi connectivity index (χ0) is 15.5. The first-order valence-corrected chi connectivity index (χ1v) is 6.72. The van der Waals surface area contributed by atoms with Crippen LogP contribution < -0.4 is 15.2 Å². The van der Waals surface area contributed by atoms with E-state index in [1.165, 1.54) is 0 Å². The number of hydrogen-bond donors (Lipinski definition) is 1. The van der Waals surface area contributed by atoms with Crippen molar-refractivity contribution in [2.24, 2.45) is 0 Å².